The first-order valence-electron chi connectivity index (χ1n) is 8.14. The maximum absolute atomic E-state index is 12.4. The maximum Gasteiger partial charge on any atom is 0.232 e. The van der Waals surface area contributed by atoms with Gasteiger partial charge in [0, 0.05) is 39.0 Å². The van der Waals surface area contributed by atoms with E-state index in [4.69, 9.17) is 11.6 Å². The van der Waals surface area contributed by atoms with Crippen LogP contribution >= 0.6 is 11.6 Å². The molecule has 0 saturated heterocycles. The number of benzene rings is 1. The van der Waals surface area contributed by atoms with Gasteiger partial charge in [0.05, 0.1) is 17.0 Å². The van der Waals surface area contributed by atoms with Crippen molar-refractivity contribution in [2.24, 2.45) is 0 Å². The maximum atomic E-state index is 12.4. The van der Waals surface area contributed by atoms with Crippen LogP contribution < -0.4 is 4.31 Å². The molecule has 26 heavy (non-hydrogen) atoms. The molecule has 0 bridgehead atoms. The number of amides is 1. The minimum Gasteiger partial charge on any atom is -0.345 e. The molecule has 0 N–H and O–H groups in total. The Hall–Kier alpha value is -2.12. The van der Waals surface area contributed by atoms with Gasteiger partial charge in [0.15, 0.2) is 0 Å². The van der Waals surface area contributed by atoms with E-state index >= 15 is 0 Å². The summed E-state index contributed by atoms with van der Waals surface area (Å²) in [7, 11) is -1.83. The van der Waals surface area contributed by atoms with Crippen LogP contribution in [0.1, 0.15) is 12.0 Å². The molecule has 0 atom stereocenters. The molecule has 0 unspecified atom stereocenters. The smallest absolute Gasteiger partial charge is 0.232 e. The fourth-order valence-corrected chi connectivity index (χ4v) is 3.71. The Bertz CT molecular complexity index is 844. The molecule has 6 nitrogen and oxygen atoms in total. The lowest BCUT2D eigenvalue weighted by atomic mass is 10.2. The molecule has 0 aliphatic rings. The van der Waals surface area contributed by atoms with Gasteiger partial charge in [-0.2, -0.15) is 0 Å². The first kappa shape index (κ1) is 20.2. The van der Waals surface area contributed by atoms with Gasteiger partial charge in [0.1, 0.15) is 0 Å². The van der Waals surface area contributed by atoms with Crippen molar-refractivity contribution < 1.29 is 13.2 Å². The lowest BCUT2D eigenvalue weighted by Crippen LogP contribution is -2.36. The highest BCUT2D eigenvalue weighted by molar-refractivity contribution is 7.92. The van der Waals surface area contributed by atoms with Crippen molar-refractivity contribution in [3.8, 4) is 0 Å². The fourth-order valence-electron chi connectivity index (χ4n) is 2.48. The lowest BCUT2D eigenvalue weighted by Gasteiger charge is -2.24. The van der Waals surface area contributed by atoms with Gasteiger partial charge in [-0.05, 0) is 36.2 Å². The van der Waals surface area contributed by atoms with Crippen LogP contribution in [0.25, 0.3) is 0 Å². The van der Waals surface area contributed by atoms with Gasteiger partial charge in [-0.15, -0.1) is 0 Å². The summed E-state index contributed by atoms with van der Waals surface area (Å²) in [5.74, 6) is -0.125. The summed E-state index contributed by atoms with van der Waals surface area (Å²) in [4.78, 5) is 17.9. The number of para-hydroxylation sites is 1. The van der Waals surface area contributed by atoms with Gasteiger partial charge >= 0.3 is 0 Å². The molecule has 0 fully saturated rings. The Morgan fingerprint density at radius 2 is 1.77 bits per heavy atom. The second-order valence-electron chi connectivity index (χ2n) is 5.96. The summed E-state index contributed by atoms with van der Waals surface area (Å²) >= 11 is 6.11. The number of nitrogens with zero attached hydrogens (tertiary/aromatic N) is 3. The van der Waals surface area contributed by atoms with Gasteiger partial charge in [-0.3, -0.25) is 14.1 Å². The predicted octanol–water partition coefficient (Wildman–Crippen LogP) is 2.59. The zero-order valence-corrected chi connectivity index (χ0v) is 16.4. The van der Waals surface area contributed by atoms with Gasteiger partial charge in [-0.25, -0.2) is 8.42 Å². The van der Waals surface area contributed by atoms with Crippen molar-refractivity contribution in [1.29, 1.82) is 0 Å². The summed E-state index contributed by atoms with van der Waals surface area (Å²) in [5.41, 5.74) is 1.47. The molecule has 0 aliphatic carbocycles. The molecule has 2 aromatic rings. The first-order valence-corrected chi connectivity index (χ1v) is 10.4. The third-order valence-corrected chi connectivity index (χ3v) is 5.46. The molecule has 0 radical (unpaired) electrons. The Morgan fingerprint density at radius 1 is 1.12 bits per heavy atom. The second kappa shape index (κ2) is 9.00. The fraction of sp³-hybridized carbons (Fsp3) is 0.333. The summed E-state index contributed by atoms with van der Waals surface area (Å²) in [6.07, 6.45) is 5.32. The lowest BCUT2D eigenvalue weighted by molar-refractivity contribution is -0.129. The van der Waals surface area contributed by atoms with Crippen LogP contribution in [0, 0.1) is 0 Å². The van der Waals surface area contributed by atoms with Gasteiger partial charge < -0.3 is 4.90 Å². The van der Waals surface area contributed by atoms with Crippen LogP contribution in [0.3, 0.4) is 0 Å². The number of carbonyl (C=O) groups excluding carboxylic acids is 1. The van der Waals surface area contributed by atoms with Gasteiger partial charge in [-0.1, -0.05) is 23.7 Å². The third-order valence-electron chi connectivity index (χ3n) is 3.96. The quantitative estimate of drug-likeness (QED) is 0.688. The van der Waals surface area contributed by atoms with Crippen molar-refractivity contribution in [3.63, 3.8) is 0 Å². The normalized spacial score (nSPS) is 11.2. The van der Waals surface area contributed by atoms with Gasteiger partial charge in [0.2, 0.25) is 15.9 Å². The van der Waals surface area contributed by atoms with Crippen molar-refractivity contribution in [3.05, 3.63) is 59.4 Å². The molecule has 0 aliphatic heterocycles. The Balaban J connectivity index is 1.97. The van der Waals surface area contributed by atoms with E-state index in [1.54, 1.807) is 48.6 Å². The molecular weight excluding hydrogens is 374 g/mol. The number of hydrogen-bond acceptors (Lipinski definition) is 4. The summed E-state index contributed by atoms with van der Waals surface area (Å²) in [6, 6.07) is 10.5. The number of pyridine rings is 1. The van der Waals surface area contributed by atoms with E-state index in [1.165, 1.54) is 4.31 Å². The SMILES string of the molecule is CN(CCc1ccncc1)C(=O)CCN(c1ccccc1Cl)S(C)(=O)=O. The minimum absolute atomic E-state index is 0.0427. The number of halogens is 1. The predicted molar refractivity (Wildman–Crippen MR) is 104 cm³/mol. The Kier molecular flexibility index (Phi) is 6.99. The minimum atomic E-state index is -3.55. The highest BCUT2D eigenvalue weighted by Gasteiger charge is 2.21. The van der Waals surface area contributed by atoms with Gasteiger partial charge in [0.25, 0.3) is 0 Å². The van der Waals surface area contributed by atoms with E-state index in [0.717, 1.165) is 11.8 Å². The molecule has 2 rings (SSSR count). The zero-order valence-electron chi connectivity index (χ0n) is 14.8. The number of rotatable bonds is 8. The van der Waals surface area contributed by atoms with Crippen LogP contribution in [0.5, 0.6) is 0 Å². The molecule has 1 aromatic carbocycles. The number of likely N-dealkylation sites (N-methyl/N-ethyl adjacent to an activating group) is 1. The van der Waals surface area contributed by atoms with Crippen molar-refractivity contribution in [1.82, 2.24) is 9.88 Å². The largest absolute Gasteiger partial charge is 0.345 e. The van der Waals surface area contributed by atoms with E-state index in [9.17, 15) is 13.2 Å². The summed E-state index contributed by atoms with van der Waals surface area (Å²) < 4.78 is 25.4. The highest BCUT2D eigenvalue weighted by atomic mass is 35.5. The second-order valence-corrected chi connectivity index (χ2v) is 8.27. The van der Waals surface area contributed by atoms with E-state index in [2.05, 4.69) is 4.98 Å². The molecule has 8 heteroatoms. The first-order chi connectivity index (χ1) is 12.3. The molecule has 1 aromatic heterocycles. The van der Waals surface area contributed by atoms with Crippen LogP contribution in [-0.2, 0) is 21.2 Å². The van der Waals surface area contributed by atoms with Crippen LogP contribution in [-0.4, -0.2) is 50.6 Å². The van der Waals surface area contributed by atoms with E-state index in [1.807, 2.05) is 12.1 Å². The zero-order chi connectivity index (χ0) is 19.2. The highest BCUT2D eigenvalue weighted by Crippen LogP contribution is 2.27. The molecule has 1 heterocycles. The number of anilines is 1. The molecule has 0 spiro atoms. The Labute approximate surface area is 159 Å². The van der Waals surface area contributed by atoms with E-state index < -0.39 is 10.0 Å². The monoisotopic (exact) mass is 395 g/mol. The summed E-state index contributed by atoms with van der Waals surface area (Å²) in [6.45, 7) is 0.592. The summed E-state index contributed by atoms with van der Waals surface area (Å²) in [5, 5.41) is 0.330. The van der Waals surface area contributed by atoms with E-state index in [0.29, 0.717) is 23.7 Å². The third kappa shape index (κ3) is 5.71. The van der Waals surface area contributed by atoms with Crippen LogP contribution in [0.4, 0.5) is 5.69 Å². The molecule has 1 amide bonds. The topological polar surface area (TPSA) is 70.6 Å². The Morgan fingerprint density at radius 3 is 2.38 bits per heavy atom. The molecular formula is C18H22ClN3O3S. The number of hydrogen-bond donors (Lipinski definition) is 0. The van der Waals surface area contributed by atoms with E-state index in [-0.39, 0.29) is 18.9 Å². The molecule has 0 saturated carbocycles. The number of carbonyl (C=O) groups is 1. The molecule has 140 valence electrons. The standard InChI is InChI=1S/C18H22ClN3O3S/c1-21(13-9-15-7-11-20-12-8-15)18(23)10-14-22(26(2,24)25)17-6-4-3-5-16(17)19/h3-8,11-12H,9-10,13-14H2,1-2H3. The van der Waals surface area contributed by atoms with Crippen LogP contribution in [0.15, 0.2) is 48.8 Å². The number of aromatic nitrogens is 1. The van der Waals surface area contributed by atoms with Crippen molar-refractivity contribution >= 4 is 33.2 Å². The average molecular weight is 396 g/mol. The van der Waals surface area contributed by atoms with Crippen molar-refractivity contribution in [2.45, 2.75) is 12.8 Å². The van der Waals surface area contributed by atoms with Crippen LogP contribution in [0.2, 0.25) is 5.02 Å². The number of sulfonamides is 1. The average Bonchev–Trinajstić information content (AvgIpc) is 2.61. The van der Waals surface area contributed by atoms with Crippen molar-refractivity contribution in [2.75, 3.05) is 30.7 Å².